The van der Waals surface area contributed by atoms with E-state index in [1.165, 1.54) is 6.07 Å². The quantitative estimate of drug-likeness (QED) is 0.509. The van der Waals surface area contributed by atoms with Crippen molar-refractivity contribution in [2.75, 3.05) is 26.7 Å². The molecule has 0 aromatic heterocycles. The number of benzene rings is 2. The van der Waals surface area contributed by atoms with Gasteiger partial charge in [0.05, 0.1) is 18.2 Å². The molecule has 3 N–H and O–H groups in total. The van der Waals surface area contributed by atoms with E-state index in [-0.39, 0.29) is 18.5 Å². The van der Waals surface area contributed by atoms with E-state index in [0.29, 0.717) is 35.2 Å². The molecule has 0 aliphatic carbocycles. The Bertz CT molecular complexity index is 728. The number of hydrogen-bond acceptors (Lipinski definition) is 5. The van der Waals surface area contributed by atoms with Crippen molar-refractivity contribution < 1.29 is 19.0 Å². The fourth-order valence-corrected chi connectivity index (χ4v) is 2.79. The van der Waals surface area contributed by atoms with Gasteiger partial charge in [-0.15, -0.1) is 0 Å². The highest BCUT2D eigenvalue weighted by Gasteiger charge is 2.13. The number of halogens is 2. The minimum atomic E-state index is -0.357. The van der Waals surface area contributed by atoms with E-state index < -0.39 is 0 Å². The molecule has 1 unspecified atom stereocenters. The van der Waals surface area contributed by atoms with Crippen LogP contribution in [0, 0.1) is 5.82 Å². The maximum absolute atomic E-state index is 13.7. The van der Waals surface area contributed by atoms with Gasteiger partial charge >= 0.3 is 0 Å². The molecule has 2 rings (SSSR count). The average Bonchev–Trinajstić information content (AvgIpc) is 2.64. The highest BCUT2D eigenvalue weighted by molar-refractivity contribution is 6.32. The molecule has 0 fully saturated rings. The van der Waals surface area contributed by atoms with Crippen molar-refractivity contribution in [3.63, 3.8) is 0 Å². The van der Waals surface area contributed by atoms with E-state index >= 15 is 0 Å². The zero-order valence-electron chi connectivity index (χ0n) is 15.6. The summed E-state index contributed by atoms with van der Waals surface area (Å²) < 4.78 is 24.8. The standard InChI is InChI=1S/C20H26ClFN2O3/c1-14(25)11-23-7-8-24-12-15-9-17(21)20(19(10-15)26-2)27-13-16-5-3-4-6-18(16)22/h3-6,9-10,14,23-25H,7-8,11-13H2,1-2H3. The van der Waals surface area contributed by atoms with E-state index in [9.17, 15) is 9.50 Å². The molecule has 5 nitrogen and oxygen atoms in total. The molecule has 0 radical (unpaired) electrons. The summed E-state index contributed by atoms with van der Waals surface area (Å²) >= 11 is 6.35. The third-order valence-electron chi connectivity index (χ3n) is 3.87. The van der Waals surface area contributed by atoms with Crippen molar-refractivity contribution in [1.82, 2.24) is 10.6 Å². The maximum atomic E-state index is 13.7. The lowest BCUT2D eigenvalue weighted by Gasteiger charge is -2.15. The molecule has 0 heterocycles. The molecule has 0 bridgehead atoms. The van der Waals surface area contributed by atoms with Crippen LogP contribution in [-0.4, -0.2) is 38.0 Å². The molecular weight excluding hydrogens is 371 g/mol. The topological polar surface area (TPSA) is 62.8 Å². The summed E-state index contributed by atoms with van der Waals surface area (Å²) in [6.45, 7) is 4.48. The molecule has 1 atom stereocenters. The first-order chi connectivity index (χ1) is 13.0. The Morgan fingerprint density at radius 1 is 1.19 bits per heavy atom. The molecule has 7 heteroatoms. The molecule has 2 aromatic rings. The Hall–Kier alpha value is -1.86. The van der Waals surface area contributed by atoms with Crippen LogP contribution in [0.1, 0.15) is 18.1 Å². The number of hydrogen-bond donors (Lipinski definition) is 3. The largest absolute Gasteiger partial charge is 0.493 e. The van der Waals surface area contributed by atoms with E-state index in [4.69, 9.17) is 21.1 Å². The predicted molar refractivity (Wildman–Crippen MR) is 105 cm³/mol. The summed E-state index contributed by atoms with van der Waals surface area (Å²) in [7, 11) is 1.54. The first-order valence-electron chi connectivity index (χ1n) is 8.83. The smallest absolute Gasteiger partial charge is 0.180 e. The molecule has 0 aliphatic heterocycles. The van der Waals surface area contributed by atoms with Crippen molar-refractivity contribution in [1.29, 1.82) is 0 Å². The van der Waals surface area contributed by atoms with Crippen LogP contribution in [0.4, 0.5) is 4.39 Å². The second-order valence-electron chi connectivity index (χ2n) is 6.22. The normalized spacial score (nSPS) is 12.0. The molecule has 0 amide bonds. The average molecular weight is 397 g/mol. The summed E-state index contributed by atoms with van der Waals surface area (Å²) in [5, 5.41) is 16.0. The van der Waals surface area contributed by atoms with Crippen molar-refractivity contribution in [2.24, 2.45) is 0 Å². The van der Waals surface area contributed by atoms with Gasteiger partial charge < -0.3 is 25.2 Å². The molecule has 0 saturated carbocycles. The highest BCUT2D eigenvalue weighted by atomic mass is 35.5. The van der Waals surface area contributed by atoms with E-state index in [1.54, 1.807) is 38.3 Å². The summed E-state index contributed by atoms with van der Waals surface area (Å²) in [6.07, 6.45) is -0.357. The Morgan fingerprint density at radius 2 is 1.93 bits per heavy atom. The Kier molecular flexibility index (Phi) is 8.81. The van der Waals surface area contributed by atoms with Crippen molar-refractivity contribution in [3.8, 4) is 11.5 Å². The van der Waals surface area contributed by atoms with E-state index in [2.05, 4.69) is 10.6 Å². The first kappa shape index (κ1) is 21.4. The molecule has 2 aromatic carbocycles. The van der Waals surface area contributed by atoms with Gasteiger partial charge in [0, 0.05) is 31.7 Å². The third-order valence-corrected chi connectivity index (χ3v) is 4.15. The Labute approximate surface area is 164 Å². The van der Waals surface area contributed by atoms with Gasteiger partial charge in [0.2, 0.25) is 0 Å². The summed E-state index contributed by atoms with van der Waals surface area (Å²) in [4.78, 5) is 0. The van der Waals surface area contributed by atoms with Gasteiger partial charge in [-0.1, -0.05) is 29.8 Å². The molecule has 0 spiro atoms. The van der Waals surface area contributed by atoms with Gasteiger partial charge in [-0.3, -0.25) is 0 Å². The minimum Gasteiger partial charge on any atom is -0.493 e. The van der Waals surface area contributed by atoms with Crippen LogP contribution in [0.25, 0.3) is 0 Å². The lowest BCUT2D eigenvalue weighted by atomic mass is 10.2. The third kappa shape index (κ3) is 6.99. The van der Waals surface area contributed by atoms with Crippen LogP contribution >= 0.6 is 11.6 Å². The van der Waals surface area contributed by atoms with E-state index in [1.807, 2.05) is 6.07 Å². The van der Waals surface area contributed by atoms with Gasteiger partial charge in [0.25, 0.3) is 0 Å². The molecule has 148 valence electrons. The van der Waals surface area contributed by atoms with Gasteiger partial charge in [-0.25, -0.2) is 4.39 Å². The second kappa shape index (κ2) is 11.1. The van der Waals surface area contributed by atoms with Crippen molar-refractivity contribution in [2.45, 2.75) is 26.2 Å². The van der Waals surface area contributed by atoms with Gasteiger partial charge in [-0.05, 0) is 30.7 Å². The summed E-state index contributed by atoms with van der Waals surface area (Å²) in [5.41, 5.74) is 1.40. The highest BCUT2D eigenvalue weighted by Crippen LogP contribution is 2.37. The lowest BCUT2D eigenvalue weighted by Crippen LogP contribution is -2.31. The van der Waals surface area contributed by atoms with Crippen LogP contribution in [0.2, 0.25) is 5.02 Å². The first-order valence-corrected chi connectivity index (χ1v) is 9.21. The zero-order chi connectivity index (χ0) is 19.6. The Balaban J connectivity index is 1.93. The number of ether oxygens (including phenoxy) is 2. The monoisotopic (exact) mass is 396 g/mol. The van der Waals surface area contributed by atoms with Crippen molar-refractivity contribution >= 4 is 11.6 Å². The van der Waals surface area contributed by atoms with Gasteiger partial charge in [0.15, 0.2) is 11.5 Å². The zero-order valence-corrected chi connectivity index (χ0v) is 16.4. The summed E-state index contributed by atoms with van der Waals surface area (Å²) in [5.74, 6) is 0.574. The number of aliphatic hydroxyl groups is 1. The fraction of sp³-hybridized carbons (Fsp3) is 0.400. The van der Waals surface area contributed by atoms with Gasteiger partial charge in [0.1, 0.15) is 12.4 Å². The van der Waals surface area contributed by atoms with Crippen LogP contribution in [0.5, 0.6) is 11.5 Å². The van der Waals surface area contributed by atoms with Crippen molar-refractivity contribution in [3.05, 3.63) is 58.4 Å². The molecular formula is C20H26ClFN2O3. The van der Waals surface area contributed by atoms with Gasteiger partial charge in [-0.2, -0.15) is 0 Å². The number of methoxy groups -OCH3 is 1. The SMILES string of the molecule is COc1cc(CNCCNCC(C)O)cc(Cl)c1OCc1ccccc1F. The predicted octanol–water partition coefficient (Wildman–Crippen LogP) is 3.13. The molecule has 0 aliphatic rings. The number of aliphatic hydroxyl groups excluding tert-OH is 1. The van der Waals surface area contributed by atoms with Crippen LogP contribution in [0.3, 0.4) is 0 Å². The summed E-state index contributed by atoms with van der Waals surface area (Å²) in [6, 6.07) is 10.1. The molecule has 27 heavy (non-hydrogen) atoms. The molecule has 0 saturated heterocycles. The maximum Gasteiger partial charge on any atom is 0.180 e. The lowest BCUT2D eigenvalue weighted by molar-refractivity contribution is 0.191. The fourth-order valence-electron chi connectivity index (χ4n) is 2.50. The minimum absolute atomic E-state index is 0.0648. The Morgan fingerprint density at radius 3 is 2.63 bits per heavy atom. The second-order valence-corrected chi connectivity index (χ2v) is 6.63. The van der Waals surface area contributed by atoms with Crippen LogP contribution < -0.4 is 20.1 Å². The number of nitrogens with one attached hydrogen (secondary N) is 2. The number of rotatable bonds is 11. The van der Waals surface area contributed by atoms with Crippen LogP contribution in [-0.2, 0) is 13.2 Å². The van der Waals surface area contributed by atoms with E-state index in [0.717, 1.165) is 18.7 Å². The van der Waals surface area contributed by atoms with Crippen LogP contribution in [0.15, 0.2) is 36.4 Å².